The first-order chi connectivity index (χ1) is 10.8. The van der Waals surface area contributed by atoms with Gasteiger partial charge in [0.05, 0.1) is 36.6 Å². The summed E-state index contributed by atoms with van der Waals surface area (Å²) in [5.74, 6) is -2.01. The standard InChI is InChI=1S/C14H15F3N2O4/c15-14(16,17)10-2-1-9(13(21)22)7-11(10)18-12(20)8-19-3-5-23-6-4-19/h1-2,7H,3-6,8H2,(H,18,20)(H,21,22). The molecule has 0 saturated carbocycles. The fraction of sp³-hybridized carbons (Fsp3) is 0.429. The number of carbonyl (C=O) groups is 2. The van der Waals surface area contributed by atoms with Crippen LogP contribution < -0.4 is 5.32 Å². The number of amides is 1. The molecule has 2 rings (SSSR count). The predicted molar refractivity (Wildman–Crippen MR) is 74.3 cm³/mol. The van der Waals surface area contributed by atoms with Crippen molar-refractivity contribution in [1.82, 2.24) is 4.90 Å². The molecule has 0 unspecified atom stereocenters. The molecule has 0 bridgehead atoms. The smallest absolute Gasteiger partial charge is 0.418 e. The van der Waals surface area contributed by atoms with Crippen LogP contribution in [0.4, 0.5) is 18.9 Å². The Morgan fingerprint density at radius 3 is 2.48 bits per heavy atom. The molecule has 126 valence electrons. The number of nitrogens with one attached hydrogen (secondary N) is 1. The zero-order chi connectivity index (χ0) is 17.0. The van der Waals surface area contributed by atoms with Crippen molar-refractivity contribution in [3.63, 3.8) is 0 Å². The van der Waals surface area contributed by atoms with Gasteiger partial charge in [-0.15, -0.1) is 0 Å². The Morgan fingerprint density at radius 1 is 1.26 bits per heavy atom. The normalized spacial score (nSPS) is 16.1. The summed E-state index contributed by atoms with van der Waals surface area (Å²) in [6, 6.07) is 2.30. The van der Waals surface area contributed by atoms with E-state index in [1.54, 1.807) is 4.90 Å². The van der Waals surface area contributed by atoms with Gasteiger partial charge in [-0.05, 0) is 18.2 Å². The lowest BCUT2D eigenvalue weighted by molar-refractivity contribution is -0.137. The molecule has 0 aromatic heterocycles. The van der Waals surface area contributed by atoms with Crippen LogP contribution in [0.2, 0.25) is 0 Å². The number of ether oxygens (including phenoxy) is 1. The molecule has 2 N–H and O–H groups in total. The van der Waals surface area contributed by atoms with E-state index in [1.165, 1.54) is 0 Å². The van der Waals surface area contributed by atoms with Crippen LogP contribution in [-0.4, -0.2) is 54.7 Å². The van der Waals surface area contributed by atoms with Crippen molar-refractivity contribution < 1.29 is 32.6 Å². The first-order valence-electron chi connectivity index (χ1n) is 6.82. The number of aromatic carboxylic acids is 1. The van der Waals surface area contributed by atoms with Crippen molar-refractivity contribution in [1.29, 1.82) is 0 Å². The van der Waals surface area contributed by atoms with E-state index in [1.807, 2.05) is 0 Å². The molecule has 0 spiro atoms. The second-order valence-electron chi connectivity index (χ2n) is 5.00. The van der Waals surface area contributed by atoms with Crippen LogP contribution in [0.25, 0.3) is 0 Å². The van der Waals surface area contributed by atoms with Gasteiger partial charge in [-0.1, -0.05) is 0 Å². The van der Waals surface area contributed by atoms with Crippen LogP contribution >= 0.6 is 0 Å². The van der Waals surface area contributed by atoms with Crippen molar-refractivity contribution >= 4 is 17.6 Å². The lowest BCUT2D eigenvalue weighted by atomic mass is 10.1. The number of benzene rings is 1. The summed E-state index contributed by atoms with van der Waals surface area (Å²) in [6.07, 6.45) is -4.70. The summed E-state index contributed by atoms with van der Waals surface area (Å²) in [7, 11) is 0. The number of anilines is 1. The number of hydrogen-bond acceptors (Lipinski definition) is 4. The summed E-state index contributed by atoms with van der Waals surface area (Å²) in [5.41, 5.74) is -1.98. The molecule has 1 amide bonds. The van der Waals surface area contributed by atoms with Crippen molar-refractivity contribution in [3.8, 4) is 0 Å². The van der Waals surface area contributed by atoms with Gasteiger partial charge in [0.2, 0.25) is 5.91 Å². The summed E-state index contributed by atoms with van der Waals surface area (Å²) in [6.45, 7) is 1.84. The zero-order valence-electron chi connectivity index (χ0n) is 12.0. The summed E-state index contributed by atoms with van der Waals surface area (Å²) in [4.78, 5) is 24.6. The molecule has 1 fully saturated rings. The van der Waals surface area contributed by atoms with Gasteiger partial charge < -0.3 is 15.2 Å². The highest BCUT2D eigenvalue weighted by atomic mass is 19.4. The van der Waals surface area contributed by atoms with Crippen LogP contribution in [0, 0.1) is 0 Å². The summed E-state index contributed by atoms with van der Waals surface area (Å²) in [5, 5.41) is 11.0. The minimum atomic E-state index is -4.70. The molecule has 6 nitrogen and oxygen atoms in total. The Morgan fingerprint density at radius 2 is 1.91 bits per heavy atom. The van der Waals surface area contributed by atoms with Crippen LogP contribution in [0.15, 0.2) is 18.2 Å². The Hall–Kier alpha value is -2.13. The maximum Gasteiger partial charge on any atom is 0.418 e. The molecule has 1 saturated heterocycles. The average molecular weight is 332 g/mol. The third kappa shape index (κ3) is 4.67. The molecule has 1 heterocycles. The number of carbonyl (C=O) groups excluding carboxylic acids is 1. The van der Waals surface area contributed by atoms with Crippen molar-refractivity contribution in [2.24, 2.45) is 0 Å². The summed E-state index contributed by atoms with van der Waals surface area (Å²) < 4.78 is 44.0. The predicted octanol–water partition coefficient (Wildman–Crippen LogP) is 1.67. The molecule has 1 aliphatic heterocycles. The van der Waals surface area contributed by atoms with Gasteiger partial charge in [0, 0.05) is 13.1 Å². The molecule has 1 aliphatic rings. The van der Waals surface area contributed by atoms with Crippen molar-refractivity contribution in [2.75, 3.05) is 38.2 Å². The van der Waals surface area contributed by atoms with Gasteiger partial charge in [0.25, 0.3) is 0 Å². The zero-order valence-corrected chi connectivity index (χ0v) is 12.0. The third-order valence-corrected chi connectivity index (χ3v) is 3.32. The summed E-state index contributed by atoms with van der Waals surface area (Å²) >= 11 is 0. The van der Waals surface area contributed by atoms with E-state index < -0.39 is 29.3 Å². The van der Waals surface area contributed by atoms with E-state index in [9.17, 15) is 22.8 Å². The van der Waals surface area contributed by atoms with Crippen molar-refractivity contribution in [2.45, 2.75) is 6.18 Å². The second-order valence-corrected chi connectivity index (χ2v) is 5.00. The van der Waals surface area contributed by atoms with E-state index in [0.29, 0.717) is 32.4 Å². The number of rotatable bonds is 4. The largest absolute Gasteiger partial charge is 0.478 e. The fourth-order valence-electron chi connectivity index (χ4n) is 2.18. The number of carboxylic acids is 1. The topological polar surface area (TPSA) is 78.9 Å². The Kier molecular flexibility index (Phi) is 5.22. The molecule has 1 aromatic rings. The third-order valence-electron chi connectivity index (χ3n) is 3.32. The highest BCUT2D eigenvalue weighted by molar-refractivity contribution is 5.95. The number of hydrogen-bond donors (Lipinski definition) is 2. The molecule has 0 aliphatic carbocycles. The Balaban J connectivity index is 2.17. The minimum Gasteiger partial charge on any atom is -0.478 e. The number of carboxylic acid groups (broad SMARTS) is 1. The number of morpholine rings is 1. The van der Waals surface area contributed by atoms with Crippen LogP contribution in [0.3, 0.4) is 0 Å². The van der Waals surface area contributed by atoms with E-state index >= 15 is 0 Å². The Labute approximate surface area is 129 Å². The van der Waals surface area contributed by atoms with Crippen molar-refractivity contribution in [3.05, 3.63) is 29.3 Å². The second kappa shape index (κ2) is 6.97. The number of alkyl halides is 3. The fourth-order valence-corrected chi connectivity index (χ4v) is 2.18. The molecule has 1 aromatic carbocycles. The van der Waals surface area contributed by atoms with Crippen LogP contribution in [-0.2, 0) is 15.7 Å². The SMILES string of the molecule is O=C(CN1CCOCC1)Nc1cc(C(=O)O)ccc1C(F)(F)F. The molecule has 0 radical (unpaired) electrons. The molecule has 9 heteroatoms. The van der Waals surface area contributed by atoms with Gasteiger partial charge in [0.1, 0.15) is 0 Å². The van der Waals surface area contributed by atoms with Gasteiger partial charge in [-0.2, -0.15) is 13.2 Å². The lowest BCUT2D eigenvalue weighted by Crippen LogP contribution is -2.41. The van der Waals surface area contributed by atoms with E-state index in [4.69, 9.17) is 9.84 Å². The van der Waals surface area contributed by atoms with E-state index in [0.717, 1.165) is 12.1 Å². The Bertz CT molecular complexity index is 598. The van der Waals surface area contributed by atoms with Gasteiger partial charge in [-0.3, -0.25) is 9.69 Å². The van der Waals surface area contributed by atoms with Gasteiger partial charge >= 0.3 is 12.1 Å². The maximum atomic E-state index is 13.0. The van der Waals surface area contributed by atoms with Crippen LogP contribution in [0.1, 0.15) is 15.9 Å². The van der Waals surface area contributed by atoms with Gasteiger partial charge in [-0.25, -0.2) is 4.79 Å². The molecule has 0 atom stereocenters. The molecule has 23 heavy (non-hydrogen) atoms. The highest BCUT2D eigenvalue weighted by Gasteiger charge is 2.34. The monoisotopic (exact) mass is 332 g/mol. The van der Waals surface area contributed by atoms with Gasteiger partial charge in [0.15, 0.2) is 0 Å². The first-order valence-corrected chi connectivity index (χ1v) is 6.82. The average Bonchev–Trinajstić information content (AvgIpc) is 2.46. The highest BCUT2D eigenvalue weighted by Crippen LogP contribution is 2.35. The lowest BCUT2D eigenvalue weighted by Gasteiger charge is -2.26. The first kappa shape index (κ1) is 17.2. The van der Waals surface area contributed by atoms with E-state index in [2.05, 4.69) is 5.32 Å². The quantitative estimate of drug-likeness (QED) is 0.877. The number of halogens is 3. The van der Waals surface area contributed by atoms with E-state index in [-0.39, 0.29) is 12.1 Å². The molecular weight excluding hydrogens is 317 g/mol. The maximum absolute atomic E-state index is 13.0. The van der Waals surface area contributed by atoms with Crippen LogP contribution in [0.5, 0.6) is 0 Å². The number of nitrogens with zero attached hydrogens (tertiary/aromatic N) is 1. The minimum absolute atomic E-state index is 0.0854. The molecular formula is C14H15F3N2O4.